The summed E-state index contributed by atoms with van der Waals surface area (Å²) < 4.78 is 13.2. The summed E-state index contributed by atoms with van der Waals surface area (Å²) >= 11 is 3.33. The quantitative estimate of drug-likeness (QED) is 0.826. The van der Waals surface area contributed by atoms with Gasteiger partial charge in [0.05, 0.1) is 29.8 Å². The highest BCUT2D eigenvalue weighted by Gasteiger charge is 2.28. The maximum Gasteiger partial charge on any atom is 0.342 e. The number of anilines is 1. The van der Waals surface area contributed by atoms with Gasteiger partial charge in [0.2, 0.25) is 0 Å². The fourth-order valence-corrected chi connectivity index (χ4v) is 3.31. The van der Waals surface area contributed by atoms with Crippen molar-refractivity contribution in [1.82, 2.24) is 4.57 Å². The summed E-state index contributed by atoms with van der Waals surface area (Å²) in [5.74, 6) is 0.530. The second-order valence-corrected chi connectivity index (χ2v) is 6.25. The number of halogens is 1. The van der Waals surface area contributed by atoms with Gasteiger partial charge in [-0.2, -0.15) is 0 Å². The van der Waals surface area contributed by atoms with E-state index >= 15 is 0 Å². The van der Waals surface area contributed by atoms with E-state index in [1.807, 2.05) is 17.7 Å². The van der Waals surface area contributed by atoms with Crippen molar-refractivity contribution in [3.8, 4) is 5.75 Å². The van der Waals surface area contributed by atoms with Gasteiger partial charge in [0.1, 0.15) is 17.1 Å². The summed E-state index contributed by atoms with van der Waals surface area (Å²) in [5.41, 5.74) is 1.35. The summed E-state index contributed by atoms with van der Waals surface area (Å²) in [6.45, 7) is 4.76. The van der Waals surface area contributed by atoms with E-state index in [2.05, 4.69) is 20.8 Å². The Bertz CT molecular complexity index is 750. The molecule has 0 radical (unpaired) electrons. The SMILES string of the molecule is CCOC(=O)c1c(N2CCOCC2)n(C)c2cc(Br)c(O)cc12. The molecule has 1 aliphatic heterocycles. The lowest BCUT2D eigenvalue weighted by atomic mass is 10.1. The Hall–Kier alpha value is -1.73. The number of morpholine rings is 1. The summed E-state index contributed by atoms with van der Waals surface area (Å²) in [4.78, 5) is 14.7. The van der Waals surface area contributed by atoms with Gasteiger partial charge < -0.3 is 24.0 Å². The molecule has 0 unspecified atom stereocenters. The molecular formula is C16H19BrN2O4. The van der Waals surface area contributed by atoms with Crippen molar-refractivity contribution in [2.45, 2.75) is 6.92 Å². The number of nitrogens with zero attached hydrogens (tertiary/aromatic N) is 2. The highest BCUT2D eigenvalue weighted by molar-refractivity contribution is 9.10. The number of phenols is 1. The largest absolute Gasteiger partial charge is 0.507 e. The summed E-state index contributed by atoms with van der Waals surface area (Å²) in [7, 11) is 1.92. The molecule has 1 saturated heterocycles. The number of phenolic OH excluding ortho intramolecular Hbond substituents is 1. The van der Waals surface area contributed by atoms with Gasteiger partial charge in [-0.15, -0.1) is 0 Å². The van der Waals surface area contributed by atoms with E-state index in [1.54, 1.807) is 13.0 Å². The first-order valence-corrected chi connectivity index (χ1v) is 8.34. The monoisotopic (exact) mass is 382 g/mol. The van der Waals surface area contributed by atoms with Crippen LogP contribution in [0.25, 0.3) is 10.9 Å². The lowest BCUT2D eigenvalue weighted by Gasteiger charge is -2.29. The fraction of sp³-hybridized carbons (Fsp3) is 0.438. The van der Waals surface area contributed by atoms with Gasteiger partial charge in [-0.3, -0.25) is 0 Å². The van der Waals surface area contributed by atoms with Crippen molar-refractivity contribution in [3.05, 3.63) is 22.2 Å². The Morgan fingerprint density at radius 3 is 2.74 bits per heavy atom. The van der Waals surface area contributed by atoms with Crippen LogP contribution in [0.2, 0.25) is 0 Å². The number of carbonyl (C=O) groups is 1. The number of aromatic hydroxyl groups is 1. The Kier molecular flexibility index (Phi) is 4.50. The zero-order chi connectivity index (χ0) is 16.6. The highest BCUT2D eigenvalue weighted by Crippen LogP contribution is 2.38. The molecule has 1 aliphatic rings. The number of ether oxygens (including phenoxy) is 2. The molecule has 0 saturated carbocycles. The van der Waals surface area contributed by atoms with Crippen molar-refractivity contribution < 1.29 is 19.4 Å². The maximum atomic E-state index is 12.5. The number of carbonyl (C=O) groups excluding carboxylic acids is 1. The second kappa shape index (κ2) is 6.41. The fourth-order valence-electron chi connectivity index (χ4n) is 2.98. The standard InChI is InChI=1S/C16H19BrN2O4/c1-3-23-16(21)14-10-8-13(20)11(17)9-12(10)18(2)15(14)19-4-6-22-7-5-19/h8-9,20H,3-7H2,1-2H3. The lowest BCUT2D eigenvalue weighted by Crippen LogP contribution is -2.38. The van der Waals surface area contributed by atoms with Gasteiger partial charge in [0.15, 0.2) is 0 Å². The molecule has 7 heteroatoms. The van der Waals surface area contributed by atoms with Crippen LogP contribution in [0.3, 0.4) is 0 Å². The van der Waals surface area contributed by atoms with E-state index in [9.17, 15) is 9.90 Å². The van der Waals surface area contributed by atoms with Gasteiger partial charge >= 0.3 is 5.97 Å². The van der Waals surface area contributed by atoms with E-state index in [-0.39, 0.29) is 11.7 Å². The van der Waals surface area contributed by atoms with Gasteiger partial charge in [0, 0.05) is 25.5 Å². The molecule has 1 fully saturated rings. The molecule has 23 heavy (non-hydrogen) atoms. The number of hydrogen-bond donors (Lipinski definition) is 1. The van der Waals surface area contributed by atoms with Crippen LogP contribution in [-0.2, 0) is 16.5 Å². The summed E-state index contributed by atoms with van der Waals surface area (Å²) in [6, 6.07) is 3.42. The molecule has 1 N–H and O–H groups in total. The number of rotatable bonds is 3. The van der Waals surface area contributed by atoms with E-state index in [0.29, 0.717) is 48.3 Å². The number of aryl methyl sites for hydroxylation is 1. The van der Waals surface area contributed by atoms with Crippen molar-refractivity contribution in [3.63, 3.8) is 0 Å². The summed E-state index contributed by atoms with van der Waals surface area (Å²) in [5, 5.41) is 10.7. The van der Waals surface area contributed by atoms with Gasteiger partial charge in [-0.1, -0.05) is 0 Å². The average molecular weight is 383 g/mol. The number of hydrogen-bond acceptors (Lipinski definition) is 5. The van der Waals surface area contributed by atoms with Crippen LogP contribution >= 0.6 is 15.9 Å². The molecule has 1 aromatic carbocycles. The van der Waals surface area contributed by atoms with Gasteiger partial charge in [-0.25, -0.2) is 4.79 Å². The van der Waals surface area contributed by atoms with Crippen LogP contribution < -0.4 is 4.90 Å². The van der Waals surface area contributed by atoms with Crippen LogP contribution in [0, 0.1) is 0 Å². The third-order valence-corrected chi connectivity index (χ3v) is 4.66. The zero-order valence-corrected chi connectivity index (χ0v) is 14.7. The lowest BCUT2D eigenvalue weighted by molar-refractivity contribution is 0.0528. The van der Waals surface area contributed by atoms with Crippen LogP contribution in [-0.4, -0.2) is 48.6 Å². The van der Waals surface area contributed by atoms with Crippen LogP contribution in [0.1, 0.15) is 17.3 Å². The third kappa shape index (κ3) is 2.79. The van der Waals surface area contributed by atoms with Crippen molar-refractivity contribution >= 4 is 38.6 Å². The topological polar surface area (TPSA) is 63.9 Å². The minimum atomic E-state index is -0.374. The summed E-state index contributed by atoms with van der Waals surface area (Å²) in [6.07, 6.45) is 0. The molecule has 3 rings (SSSR count). The first kappa shape index (κ1) is 16.1. The van der Waals surface area contributed by atoms with Crippen molar-refractivity contribution in [2.24, 2.45) is 7.05 Å². The van der Waals surface area contributed by atoms with E-state index in [1.165, 1.54) is 0 Å². The number of esters is 1. The molecule has 2 aromatic rings. The van der Waals surface area contributed by atoms with Crippen LogP contribution in [0.5, 0.6) is 5.75 Å². The molecule has 2 heterocycles. The number of benzene rings is 1. The average Bonchev–Trinajstić information content (AvgIpc) is 2.82. The molecule has 0 spiro atoms. The Morgan fingerprint density at radius 1 is 1.39 bits per heavy atom. The first-order valence-electron chi connectivity index (χ1n) is 7.55. The minimum Gasteiger partial charge on any atom is -0.507 e. The molecule has 0 aliphatic carbocycles. The molecule has 1 aromatic heterocycles. The van der Waals surface area contributed by atoms with Gasteiger partial charge in [0.25, 0.3) is 0 Å². The zero-order valence-electron chi connectivity index (χ0n) is 13.1. The van der Waals surface area contributed by atoms with Crippen LogP contribution in [0.15, 0.2) is 16.6 Å². The molecule has 0 bridgehead atoms. The van der Waals surface area contributed by atoms with E-state index in [4.69, 9.17) is 9.47 Å². The Labute approximate surface area is 142 Å². The van der Waals surface area contributed by atoms with Crippen molar-refractivity contribution in [1.29, 1.82) is 0 Å². The molecule has 0 atom stereocenters. The Balaban J connectivity index is 2.25. The number of fused-ring (bicyclic) bond motifs is 1. The van der Waals surface area contributed by atoms with E-state index < -0.39 is 0 Å². The molecule has 6 nitrogen and oxygen atoms in total. The minimum absolute atomic E-state index is 0.0992. The normalized spacial score (nSPS) is 15.2. The van der Waals surface area contributed by atoms with E-state index in [0.717, 1.165) is 11.3 Å². The molecule has 0 amide bonds. The van der Waals surface area contributed by atoms with Gasteiger partial charge in [-0.05, 0) is 35.0 Å². The second-order valence-electron chi connectivity index (χ2n) is 5.40. The smallest absolute Gasteiger partial charge is 0.342 e. The number of aromatic nitrogens is 1. The van der Waals surface area contributed by atoms with Crippen molar-refractivity contribution in [2.75, 3.05) is 37.8 Å². The predicted octanol–water partition coefficient (Wildman–Crippen LogP) is 2.66. The van der Waals surface area contributed by atoms with Crippen LogP contribution in [0.4, 0.5) is 5.82 Å². The molecule has 124 valence electrons. The highest BCUT2D eigenvalue weighted by atomic mass is 79.9. The first-order chi connectivity index (χ1) is 11.0. The Morgan fingerprint density at radius 2 is 2.09 bits per heavy atom. The predicted molar refractivity (Wildman–Crippen MR) is 91.3 cm³/mol. The molecular weight excluding hydrogens is 364 g/mol. The maximum absolute atomic E-state index is 12.5. The third-order valence-electron chi connectivity index (χ3n) is 4.03.